The van der Waals surface area contributed by atoms with Crippen LogP contribution >= 0.6 is 0 Å². The molecule has 1 atom stereocenters. The minimum atomic E-state index is -0.496. The highest BCUT2D eigenvalue weighted by atomic mass is 16.2. The first-order valence-corrected chi connectivity index (χ1v) is 7.34. The van der Waals surface area contributed by atoms with Gasteiger partial charge in [-0.25, -0.2) is 0 Å². The van der Waals surface area contributed by atoms with E-state index in [1.54, 1.807) is 24.3 Å². The van der Waals surface area contributed by atoms with Crippen molar-refractivity contribution in [3.05, 3.63) is 29.8 Å². The summed E-state index contributed by atoms with van der Waals surface area (Å²) in [6, 6.07) is 6.63. The Morgan fingerprint density at radius 1 is 1.22 bits per heavy atom. The molecule has 0 fully saturated rings. The number of carbonyl (C=O) groups is 2. The van der Waals surface area contributed by atoms with Crippen molar-refractivity contribution >= 4 is 11.8 Å². The van der Waals surface area contributed by atoms with Crippen LogP contribution in [-0.2, 0) is 11.3 Å². The molecule has 23 heavy (non-hydrogen) atoms. The molecular formula is C15H20N6O2. The molecule has 0 spiro atoms. The van der Waals surface area contributed by atoms with E-state index in [-0.39, 0.29) is 18.5 Å². The number of hydrogen-bond donors (Lipinski definition) is 2. The molecule has 8 heteroatoms. The fourth-order valence-corrected chi connectivity index (χ4v) is 1.80. The van der Waals surface area contributed by atoms with Crippen LogP contribution in [0.25, 0.3) is 11.4 Å². The van der Waals surface area contributed by atoms with E-state index in [1.807, 2.05) is 20.8 Å². The molecular weight excluding hydrogens is 296 g/mol. The van der Waals surface area contributed by atoms with Gasteiger partial charge >= 0.3 is 0 Å². The number of primary amides is 1. The zero-order valence-corrected chi connectivity index (χ0v) is 13.4. The third kappa shape index (κ3) is 4.35. The van der Waals surface area contributed by atoms with E-state index in [1.165, 1.54) is 4.80 Å². The highest BCUT2D eigenvalue weighted by Crippen LogP contribution is 2.14. The van der Waals surface area contributed by atoms with E-state index in [4.69, 9.17) is 5.73 Å². The van der Waals surface area contributed by atoms with E-state index in [9.17, 15) is 9.59 Å². The summed E-state index contributed by atoms with van der Waals surface area (Å²) in [5, 5.41) is 14.8. The van der Waals surface area contributed by atoms with Gasteiger partial charge in [-0.2, -0.15) is 4.80 Å². The largest absolute Gasteiger partial charge is 0.366 e. The standard InChI is InChI=1S/C15H20N6O2/c1-9(2)10(3)17-13(22)8-21-19-15(18-20-21)12-6-4-11(5-7-12)14(16)23/h4-7,9-10H,8H2,1-3H3,(H2,16,23)(H,17,22)/t10-/m0/s1. The molecule has 8 nitrogen and oxygen atoms in total. The summed E-state index contributed by atoms with van der Waals surface area (Å²) in [5.41, 5.74) is 6.29. The number of nitrogens with one attached hydrogen (secondary N) is 1. The monoisotopic (exact) mass is 316 g/mol. The van der Waals surface area contributed by atoms with Crippen LogP contribution in [0.15, 0.2) is 24.3 Å². The number of aromatic nitrogens is 4. The Hall–Kier alpha value is -2.77. The maximum absolute atomic E-state index is 11.9. The zero-order chi connectivity index (χ0) is 17.0. The Kier molecular flexibility index (Phi) is 5.05. The molecule has 1 aromatic heterocycles. The molecule has 0 saturated heterocycles. The zero-order valence-electron chi connectivity index (χ0n) is 13.4. The topological polar surface area (TPSA) is 116 Å². The van der Waals surface area contributed by atoms with Crippen LogP contribution in [0.4, 0.5) is 0 Å². The van der Waals surface area contributed by atoms with Gasteiger partial charge in [-0.1, -0.05) is 26.0 Å². The second-order valence-corrected chi connectivity index (χ2v) is 5.69. The van der Waals surface area contributed by atoms with Crippen molar-refractivity contribution in [2.24, 2.45) is 11.7 Å². The van der Waals surface area contributed by atoms with Gasteiger partial charge in [-0.05, 0) is 30.2 Å². The van der Waals surface area contributed by atoms with Gasteiger partial charge in [0.05, 0.1) is 0 Å². The second kappa shape index (κ2) is 6.99. The first-order valence-electron chi connectivity index (χ1n) is 7.34. The van der Waals surface area contributed by atoms with Crippen LogP contribution in [0.2, 0.25) is 0 Å². The van der Waals surface area contributed by atoms with Crippen molar-refractivity contribution in [1.82, 2.24) is 25.5 Å². The van der Waals surface area contributed by atoms with Gasteiger partial charge in [0.2, 0.25) is 17.6 Å². The van der Waals surface area contributed by atoms with Crippen molar-refractivity contribution in [2.75, 3.05) is 0 Å². The second-order valence-electron chi connectivity index (χ2n) is 5.69. The fraction of sp³-hybridized carbons (Fsp3) is 0.400. The van der Waals surface area contributed by atoms with Gasteiger partial charge in [0, 0.05) is 17.2 Å². The Morgan fingerprint density at radius 2 is 1.87 bits per heavy atom. The summed E-state index contributed by atoms with van der Waals surface area (Å²) in [7, 11) is 0. The van der Waals surface area contributed by atoms with Crippen molar-refractivity contribution in [3.8, 4) is 11.4 Å². The van der Waals surface area contributed by atoms with Gasteiger partial charge in [-0.3, -0.25) is 9.59 Å². The molecule has 0 aliphatic rings. The highest BCUT2D eigenvalue weighted by molar-refractivity contribution is 5.93. The molecule has 1 aromatic carbocycles. The number of nitrogens with zero attached hydrogens (tertiary/aromatic N) is 4. The third-order valence-corrected chi connectivity index (χ3v) is 3.55. The Morgan fingerprint density at radius 3 is 2.43 bits per heavy atom. The summed E-state index contributed by atoms with van der Waals surface area (Å²) in [4.78, 5) is 24.2. The van der Waals surface area contributed by atoms with Gasteiger partial charge in [-0.15, -0.1) is 10.2 Å². The average Bonchev–Trinajstić information content (AvgIpc) is 2.95. The average molecular weight is 316 g/mol. The normalized spacial score (nSPS) is 12.2. The molecule has 2 rings (SSSR count). The number of amides is 2. The maximum Gasteiger partial charge on any atom is 0.248 e. The molecule has 3 N–H and O–H groups in total. The van der Waals surface area contributed by atoms with E-state index < -0.39 is 5.91 Å². The molecule has 0 aliphatic carbocycles. The van der Waals surface area contributed by atoms with Gasteiger partial charge in [0.1, 0.15) is 6.54 Å². The lowest BCUT2D eigenvalue weighted by atomic mass is 10.1. The van der Waals surface area contributed by atoms with Crippen molar-refractivity contribution in [1.29, 1.82) is 0 Å². The van der Waals surface area contributed by atoms with Crippen LogP contribution in [0.3, 0.4) is 0 Å². The minimum Gasteiger partial charge on any atom is -0.366 e. The van der Waals surface area contributed by atoms with Crippen LogP contribution < -0.4 is 11.1 Å². The van der Waals surface area contributed by atoms with E-state index in [2.05, 4.69) is 20.7 Å². The lowest BCUT2D eigenvalue weighted by Gasteiger charge is -2.16. The number of benzene rings is 1. The van der Waals surface area contributed by atoms with Crippen LogP contribution in [-0.4, -0.2) is 38.1 Å². The Bertz CT molecular complexity index is 692. The van der Waals surface area contributed by atoms with Gasteiger partial charge < -0.3 is 11.1 Å². The molecule has 0 aliphatic heterocycles. The van der Waals surface area contributed by atoms with Crippen molar-refractivity contribution in [2.45, 2.75) is 33.4 Å². The Labute approximate surface area is 134 Å². The molecule has 0 saturated carbocycles. The first-order chi connectivity index (χ1) is 10.9. The van der Waals surface area contributed by atoms with Gasteiger partial charge in [0.15, 0.2) is 0 Å². The first kappa shape index (κ1) is 16.6. The third-order valence-electron chi connectivity index (χ3n) is 3.55. The van der Waals surface area contributed by atoms with Gasteiger partial charge in [0.25, 0.3) is 0 Å². The number of carbonyl (C=O) groups excluding carboxylic acids is 2. The SMILES string of the molecule is CC(C)[C@H](C)NC(=O)Cn1nnc(-c2ccc(C(N)=O)cc2)n1. The smallest absolute Gasteiger partial charge is 0.248 e. The lowest BCUT2D eigenvalue weighted by Crippen LogP contribution is -2.38. The molecule has 0 radical (unpaired) electrons. The lowest BCUT2D eigenvalue weighted by molar-refractivity contribution is -0.123. The minimum absolute atomic E-state index is 0.00340. The van der Waals surface area contributed by atoms with E-state index in [0.29, 0.717) is 22.9 Å². The Balaban J connectivity index is 2.03. The fourth-order valence-electron chi connectivity index (χ4n) is 1.80. The summed E-state index contributed by atoms with van der Waals surface area (Å²) in [5.74, 6) is 0.0658. The van der Waals surface area contributed by atoms with Crippen molar-refractivity contribution < 1.29 is 9.59 Å². The number of tetrazole rings is 1. The predicted molar refractivity (Wildman–Crippen MR) is 84.2 cm³/mol. The number of nitrogens with two attached hydrogens (primary N) is 1. The van der Waals surface area contributed by atoms with E-state index >= 15 is 0 Å². The number of hydrogen-bond acceptors (Lipinski definition) is 5. The summed E-state index contributed by atoms with van der Waals surface area (Å²) in [6.45, 7) is 6.02. The maximum atomic E-state index is 11.9. The number of rotatable bonds is 6. The predicted octanol–water partition coefficient (Wildman–Crippen LogP) is 0.600. The molecule has 122 valence electrons. The highest BCUT2D eigenvalue weighted by Gasteiger charge is 2.13. The molecule has 1 heterocycles. The molecule has 2 amide bonds. The van der Waals surface area contributed by atoms with Crippen molar-refractivity contribution in [3.63, 3.8) is 0 Å². The summed E-state index contributed by atoms with van der Waals surface area (Å²) < 4.78 is 0. The summed E-state index contributed by atoms with van der Waals surface area (Å²) in [6.07, 6.45) is 0. The quantitative estimate of drug-likeness (QED) is 0.809. The van der Waals surface area contributed by atoms with Crippen LogP contribution in [0.5, 0.6) is 0 Å². The van der Waals surface area contributed by atoms with Crippen LogP contribution in [0.1, 0.15) is 31.1 Å². The van der Waals surface area contributed by atoms with Crippen LogP contribution in [0, 0.1) is 5.92 Å². The molecule has 0 bridgehead atoms. The molecule has 0 unspecified atom stereocenters. The molecule has 2 aromatic rings. The van der Waals surface area contributed by atoms with E-state index in [0.717, 1.165) is 0 Å². The summed E-state index contributed by atoms with van der Waals surface area (Å²) >= 11 is 0.